The molecule has 2 aromatic rings. The highest BCUT2D eigenvalue weighted by molar-refractivity contribution is 7.88. The first-order valence-corrected chi connectivity index (χ1v) is 11.9. The molecular formula is C22H29ClN2O4S. The number of nitrogens with one attached hydrogen (secondary N) is 1. The zero-order valence-electron chi connectivity index (χ0n) is 17.8. The van der Waals surface area contributed by atoms with Gasteiger partial charge in [-0.25, -0.2) is 8.42 Å². The lowest BCUT2D eigenvalue weighted by Crippen LogP contribution is -2.41. The zero-order chi connectivity index (χ0) is 22.4. The molecule has 0 spiro atoms. The Morgan fingerprint density at radius 1 is 1.10 bits per heavy atom. The molecular weight excluding hydrogens is 424 g/mol. The maximum atomic E-state index is 12.2. The van der Waals surface area contributed by atoms with E-state index in [1.165, 1.54) is 5.56 Å². The van der Waals surface area contributed by atoms with E-state index in [1.54, 1.807) is 24.3 Å². The zero-order valence-corrected chi connectivity index (χ0v) is 19.4. The Hall–Kier alpha value is -2.09. The molecule has 0 aliphatic rings. The average molecular weight is 453 g/mol. The summed E-state index contributed by atoms with van der Waals surface area (Å²) in [6.45, 7) is 6.72. The van der Waals surface area contributed by atoms with Crippen LogP contribution in [-0.4, -0.2) is 44.6 Å². The fourth-order valence-electron chi connectivity index (χ4n) is 2.73. The molecule has 1 amide bonds. The van der Waals surface area contributed by atoms with Crippen LogP contribution in [0, 0.1) is 0 Å². The first-order chi connectivity index (χ1) is 14.0. The van der Waals surface area contributed by atoms with Gasteiger partial charge < -0.3 is 10.1 Å². The topological polar surface area (TPSA) is 75.7 Å². The van der Waals surface area contributed by atoms with Gasteiger partial charge in [-0.05, 0) is 34.7 Å². The van der Waals surface area contributed by atoms with Crippen molar-refractivity contribution in [1.29, 1.82) is 0 Å². The van der Waals surface area contributed by atoms with Crippen LogP contribution in [0.25, 0.3) is 0 Å². The maximum Gasteiger partial charge on any atom is 0.235 e. The molecule has 0 aliphatic heterocycles. The number of carbonyl (C=O) groups is 1. The van der Waals surface area contributed by atoms with Crippen LogP contribution in [0.1, 0.15) is 31.9 Å². The molecule has 0 heterocycles. The Balaban J connectivity index is 1.84. The van der Waals surface area contributed by atoms with Gasteiger partial charge in [-0.3, -0.25) is 4.79 Å². The quantitative estimate of drug-likeness (QED) is 0.590. The van der Waals surface area contributed by atoms with E-state index in [1.807, 2.05) is 24.3 Å². The summed E-state index contributed by atoms with van der Waals surface area (Å²) in [4.78, 5) is 12.2. The van der Waals surface area contributed by atoms with Crippen molar-refractivity contribution >= 4 is 27.5 Å². The summed E-state index contributed by atoms with van der Waals surface area (Å²) in [5.74, 6) is 0.313. The fraction of sp³-hybridized carbons (Fsp3) is 0.409. The summed E-state index contributed by atoms with van der Waals surface area (Å²) in [7, 11) is -3.58. The Bertz CT molecular complexity index is 954. The smallest absolute Gasteiger partial charge is 0.235 e. The third-order valence-corrected chi connectivity index (χ3v) is 6.07. The highest BCUT2D eigenvalue weighted by atomic mass is 35.5. The van der Waals surface area contributed by atoms with E-state index in [0.717, 1.165) is 10.6 Å². The summed E-state index contributed by atoms with van der Waals surface area (Å²) in [6.07, 6.45) is 1.07. The third-order valence-electron chi connectivity index (χ3n) is 4.51. The van der Waals surface area contributed by atoms with Crippen LogP contribution < -0.4 is 10.1 Å². The van der Waals surface area contributed by atoms with Gasteiger partial charge in [0.1, 0.15) is 12.4 Å². The van der Waals surface area contributed by atoms with Crippen molar-refractivity contribution in [1.82, 2.24) is 9.62 Å². The van der Waals surface area contributed by atoms with Gasteiger partial charge in [-0.1, -0.05) is 62.7 Å². The van der Waals surface area contributed by atoms with E-state index in [2.05, 4.69) is 26.1 Å². The molecule has 8 heteroatoms. The van der Waals surface area contributed by atoms with Crippen LogP contribution in [0.15, 0.2) is 48.5 Å². The number of benzene rings is 2. The van der Waals surface area contributed by atoms with Gasteiger partial charge in [-0.15, -0.1) is 0 Å². The second-order valence-electron chi connectivity index (χ2n) is 8.10. The third kappa shape index (κ3) is 7.63. The highest BCUT2D eigenvalue weighted by Crippen LogP contribution is 2.24. The van der Waals surface area contributed by atoms with E-state index >= 15 is 0 Å². The second-order valence-corrected chi connectivity index (χ2v) is 10.5. The predicted octanol–water partition coefficient (Wildman–Crippen LogP) is 3.59. The molecule has 0 aliphatic carbocycles. The van der Waals surface area contributed by atoms with E-state index in [9.17, 15) is 13.2 Å². The fourth-order valence-corrected chi connectivity index (χ4v) is 3.65. The monoisotopic (exact) mass is 452 g/mol. The van der Waals surface area contributed by atoms with Gasteiger partial charge in [0.25, 0.3) is 0 Å². The van der Waals surface area contributed by atoms with Crippen LogP contribution in [0.3, 0.4) is 0 Å². The summed E-state index contributed by atoms with van der Waals surface area (Å²) >= 11 is 6.11. The summed E-state index contributed by atoms with van der Waals surface area (Å²) < 4.78 is 30.9. The maximum absolute atomic E-state index is 12.2. The molecule has 2 aromatic carbocycles. The minimum Gasteiger partial charge on any atom is -0.492 e. The molecule has 2 rings (SSSR count). The van der Waals surface area contributed by atoms with E-state index < -0.39 is 15.9 Å². The number of hydrogen-bond acceptors (Lipinski definition) is 4. The molecule has 30 heavy (non-hydrogen) atoms. The number of amides is 1. The summed E-state index contributed by atoms with van der Waals surface area (Å²) in [5, 5.41) is 3.14. The molecule has 0 saturated carbocycles. The molecule has 6 nitrogen and oxygen atoms in total. The number of nitrogens with zero attached hydrogens (tertiary/aromatic N) is 1. The van der Waals surface area contributed by atoms with Crippen LogP contribution in [0.5, 0.6) is 5.75 Å². The normalized spacial score (nSPS) is 12.1. The van der Waals surface area contributed by atoms with Crippen LogP contribution in [-0.2, 0) is 26.8 Å². The van der Waals surface area contributed by atoms with Crippen molar-refractivity contribution in [2.45, 2.75) is 32.7 Å². The van der Waals surface area contributed by atoms with Gasteiger partial charge >= 0.3 is 0 Å². The van der Waals surface area contributed by atoms with Crippen molar-refractivity contribution in [3.05, 3.63) is 64.7 Å². The lowest BCUT2D eigenvalue weighted by atomic mass is 9.87. The number of ether oxygens (including phenoxy) is 1. The van der Waals surface area contributed by atoms with Crippen molar-refractivity contribution in [2.24, 2.45) is 0 Å². The molecule has 0 saturated heterocycles. The standard InChI is InChI=1S/C22H29ClN2O4S/c1-22(2,3)18-9-11-19(12-10-18)29-14-13-24-21(26)16-25(30(4,27)28)15-17-7-5-6-8-20(17)23/h5-12H,13-16H2,1-4H3,(H,24,26). The van der Waals surface area contributed by atoms with Crippen LogP contribution >= 0.6 is 11.6 Å². The number of halogens is 1. The molecule has 0 radical (unpaired) electrons. The van der Waals surface area contributed by atoms with E-state index in [4.69, 9.17) is 16.3 Å². The van der Waals surface area contributed by atoms with Crippen molar-refractivity contribution in [3.8, 4) is 5.75 Å². The second kappa shape index (κ2) is 10.3. The van der Waals surface area contributed by atoms with Gasteiger partial charge in [0, 0.05) is 11.6 Å². The summed E-state index contributed by atoms with van der Waals surface area (Å²) in [5.41, 5.74) is 1.92. The Labute approximate surface area is 184 Å². The number of sulfonamides is 1. The Morgan fingerprint density at radius 3 is 2.30 bits per heavy atom. The van der Waals surface area contributed by atoms with Crippen LogP contribution in [0.4, 0.5) is 0 Å². The van der Waals surface area contributed by atoms with Gasteiger partial charge in [0.05, 0.1) is 19.3 Å². The Kier molecular flexibility index (Phi) is 8.29. The predicted molar refractivity (Wildman–Crippen MR) is 120 cm³/mol. The molecule has 0 atom stereocenters. The first-order valence-electron chi connectivity index (χ1n) is 9.65. The number of carbonyl (C=O) groups excluding carboxylic acids is 1. The molecule has 1 N–H and O–H groups in total. The SMILES string of the molecule is CC(C)(C)c1ccc(OCCNC(=O)CN(Cc2ccccc2Cl)S(C)(=O)=O)cc1. The van der Waals surface area contributed by atoms with Gasteiger partial charge in [0.15, 0.2) is 0 Å². The lowest BCUT2D eigenvalue weighted by Gasteiger charge is -2.20. The van der Waals surface area contributed by atoms with Crippen molar-refractivity contribution in [3.63, 3.8) is 0 Å². The minimum absolute atomic E-state index is 0.0303. The molecule has 0 fully saturated rings. The van der Waals surface area contributed by atoms with E-state index in [-0.39, 0.29) is 31.7 Å². The minimum atomic E-state index is -3.58. The van der Waals surface area contributed by atoms with E-state index in [0.29, 0.717) is 16.3 Å². The molecule has 0 bridgehead atoms. The lowest BCUT2D eigenvalue weighted by molar-refractivity contribution is -0.121. The molecule has 164 valence electrons. The number of hydrogen-bond donors (Lipinski definition) is 1. The molecule has 0 aromatic heterocycles. The Morgan fingerprint density at radius 2 is 1.73 bits per heavy atom. The largest absolute Gasteiger partial charge is 0.492 e. The van der Waals surface area contributed by atoms with Crippen molar-refractivity contribution < 1.29 is 17.9 Å². The molecule has 0 unspecified atom stereocenters. The van der Waals surface area contributed by atoms with Crippen LogP contribution in [0.2, 0.25) is 5.02 Å². The van der Waals surface area contributed by atoms with Gasteiger partial charge in [0.2, 0.25) is 15.9 Å². The highest BCUT2D eigenvalue weighted by Gasteiger charge is 2.21. The average Bonchev–Trinajstić information content (AvgIpc) is 2.65. The number of rotatable bonds is 9. The van der Waals surface area contributed by atoms with Crippen molar-refractivity contribution in [2.75, 3.05) is 26.0 Å². The summed E-state index contributed by atoms with van der Waals surface area (Å²) in [6, 6.07) is 14.8. The van der Waals surface area contributed by atoms with Gasteiger partial charge in [-0.2, -0.15) is 4.31 Å². The first kappa shape index (κ1) is 24.2.